The van der Waals surface area contributed by atoms with Crippen LogP contribution in [-0.2, 0) is 0 Å². The number of nitrogens with zero attached hydrogens (tertiary/aromatic N) is 2. The Morgan fingerprint density at radius 2 is 1.88 bits per heavy atom. The normalized spacial score (nSPS) is 12.5. The second-order valence-corrected chi connectivity index (χ2v) is 4.60. The molecule has 3 nitrogen and oxygen atoms in total. The molecule has 0 radical (unpaired) electrons. The minimum Gasteiger partial charge on any atom is -0.287 e. The fourth-order valence-electron chi connectivity index (χ4n) is 2.08. The topological polar surface area (TPSA) is 42.9 Å². The maximum atomic E-state index is 12.1. The second-order valence-electron chi connectivity index (χ2n) is 3.82. The number of aromatic nitrogens is 2. The lowest BCUT2D eigenvalue weighted by Gasteiger charge is -2.03. The molecule has 1 heterocycles. The molecule has 1 aromatic carbocycles. The van der Waals surface area contributed by atoms with Gasteiger partial charge in [0.15, 0.2) is 0 Å². The van der Waals surface area contributed by atoms with E-state index in [4.69, 9.17) is 23.2 Å². The van der Waals surface area contributed by atoms with Crippen LogP contribution in [0.2, 0.25) is 10.3 Å². The molecule has 1 aliphatic carbocycles. The van der Waals surface area contributed by atoms with E-state index in [0.29, 0.717) is 22.0 Å². The smallest absolute Gasteiger partial charge is 0.223 e. The summed E-state index contributed by atoms with van der Waals surface area (Å²) in [6.07, 6.45) is 0. The number of carbonyl (C=O) groups is 1. The first kappa shape index (κ1) is 10.7. The number of benzene rings is 1. The molecule has 2 aromatic rings. The molecule has 1 aromatic heterocycles. The van der Waals surface area contributed by atoms with Gasteiger partial charge in [-0.25, -0.2) is 9.97 Å². The molecule has 0 aliphatic heterocycles. The number of hydrogen-bond acceptors (Lipinski definition) is 3. The number of fused-ring (bicyclic) bond motifs is 3. The molecular formula is C12H6Cl2N2O. The largest absolute Gasteiger partial charge is 0.287 e. The summed E-state index contributed by atoms with van der Waals surface area (Å²) in [5.74, 6) is -0.148. The zero-order chi connectivity index (χ0) is 12.2. The van der Waals surface area contributed by atoms with Crippen LogP contribution in [0.25, 0.3) is 11.1 Å². The van der Waals surface area contributed by atoms with Gasteiger partial charge in [-0.2, -0.15) is 0 Å². The Hall–Kier alpha value is -1.45. The molecule has 0 unspecified atom stereocenters. The van der Waals surface area contributed by atoms with Crippen LogP contribution < -0.4 is 0 Å². The average Bonchev–Trinajstić information content (AvgIpc) is 2.53. The van der Waals surface area contributed by atoms with Crippen molar-refractivity contribution < 1.29 is 4.79 Å². The van der Waals surface area contributed by atoms with E-state index in [-0.39, 0.29) is 11.1 Å². The van der Waals surface area contributed by atoms with E-state index < -0.39 is 0 Å². The van der Waals surface area contributed by atoms with E-state index in [1.807, 2.05) is 13.0 Å². The van der Waals surface area contributed by atoms with Gasteiger partial charge in [0.1, 0.15) is 5.69 Å². The highest BCUT2D eigenvalue weighted by molar-refractivity contribution is 6.32. The Morgan fingerprint density at radius 1 is 1.12 bits per heavy atom. The number of hydrogen-bond donors (Lipinski definition) is 0. The third kappa shape index (κ3) is 1.47. The van der Waals surface area contributed by atoms with Crippen molar-refractivity contribution in [3.8, 4) is 11.1 Å². The van der Waals surface area contributed by atoms with Crippen molar-refractivity contribution in [3.05, 3.63) is 45.5 Å². The number of ketones is 1. The van der Waals surface area contributed by atoms with Gasteiger partial charge in [0.05, 0.1) is 5.69 Å². The van der Waals surface area contributed by atoms with Gasteiger partial charge in [0, 0.05) is 16.1 Å². The molecule has 0 saturated carbocycles. The molecule has 0 amide bonds. The van der Waals surface area contributed by atoms with Crippen LogP contribution in [0.5, 0.6) is 0 Å². The monoisotopic (exact) mass is 264 g/mol. The van der Waals surface area contributed by atoms with E-state index in [2.05, 4.69) is 9.97 Å². The summed E-state index contributed by atoms with van der Waals surface area (Å²) in [6.45, 7) is 1.81. The first-order chi connectivity index (χ1) is 8.08. The number of aryl methyl sites for hydroxylation is 1. The molecule has 1 aliphatic rings. The van der Waals surface area contributed by atoms with Crippen LogP contribution in [0, 0.1) is 6.92 Å². The molecule has 17 heavy (non-hydrogen) atoms. The Bertz CT molecular complexity index is 668. The fraction of sp³-hybridized carbons (Fsp3) is 0.0833. The minimum atomic E-state index is -0.148. The van der Waals surface area contributed by atoms with Crippen LogP contribution in [0.3, 0.4) is 0 Å². The zero-order valence-electron chi connectivity index (χ0n) is 8.79. The summed E-state index contributed by atoms with van der Waals surface area (Å²) in [7, 11) is 0. The zero-order valence-corrected chi connectivity index (χ0v) is 10.3. The quantitative estimate of drug-likeness (QED) is 0.585. The SMILES string of the molecule is Cc1nc(Cl)nc2c1-c1ccc(Cl)cc1C2=O. The van der Waals surface area contributed by atoms with Crippen LogP contribution in [0.15, 0.2) is 18.2 Å². The Morgan fingerprint density at radius 3 is 2.65 bits per heavy atom. The Kier molecular flexibility index (Phi) is 2.21. The van der Waals surface area contributed by atoms with Gasteiger partial charge in [-0.05, 0) is 36.2 Å². The summed E-state index contributed by atoms with van der Waals surface area (Å²) in [5, 5.41) is 0.620. The van der Waals surface area contributed by atoms with Gasteiger partial charge >= 0.3 is 0 Å². The number of rotatable bonds is 0. The summed E-state index contributed by atoms with van der Waals surface area (Å²) in [4.78, 5) is 20.2. The average molecular weight is 265 g/mol. The molecule has 0 saturated heterocycles. The summed E-state index contributed by atoms with van der Waals surface area (Å²) >= 11 is 11.7. The van der Waals surface area contributed by atoms with Crippen LogP contribution in [-0.4, -0.2) is 15.8 Å². The van der Waals surface area contributed by atoms with Gasteiger partial charge in [-0.15, -0.1) is 0 Å². The molecule has 0 spiro atoms. The third-order valence-corrected chi connectivity index (χ3v) is 3.18. The molecule has 5 heteroatoms. The standard InChI is InChI=1S/C12H6Cl2N2O/c1-5-9-7-3-2-6(13)4-8(7)11(17)10(9)16-12(14)15-5/h2-4H,1H3. The number of carbonyl (C=O) groups excluding carboxylic acids is 1. The summed E-state index contributed by atoms with van der Waals surface area (Å²) in [5.41, 5.74) is 3.20. The maximum absolute atomic E-state index is 12.1. The fourth-order valence-corrected chi connectivity index (χ4v) is 2.46. The van der Waals surface area contributed by atoms with Gasteiger partial charge < -0.3 is 0 Å². The van der Waals surface area contributed by atoms with Crippen molar-refractivity contribution in [2.45, 2.75) is 6.92 Å². The minimum absolute atomic E-state index is 0.0912. The predicted octanol–water partition coefficient (Wildman–Crippen LogP) is 3.30. The van der Waals surface area contributed by atoms with Crippen molar-refractivity contribution in [2.24, 2.45) is 0 Å². The maximum Gasteiger partial charge on any atom is 0.223 e. The van der Waals surface area contributed by atoms with E-state index in [1.165, 1.54) is 0 Å². The predicted molar refractivity (Wildman–Crippen MR) is 65.7 cm³/mol. The lowest BCUT2D eigenvalue weighted by Crippen LogP contribution is -2.01. The molecule has 84 valence electrons. The van der Waals surface area contributed by atoms with E-state index in [0.717, 1.165) is 11.1 Å². The first-order valence-corrected chi connectivity index (χ1v) is 5.72. The van der Waals surface area contributed by atoms with Crippen molar-refractivity contribution in [3.63, 3.8) is 0 Å². The van der Waals surface area contributed by atoms with Gasteiger partial charge in [0.25, 0.3) is 0 Å². The second kappa shape index (κ2) is 3.52. The highest BCUT2D eigenvalue weighted by atomic mass is 35.5. The summed E-state index contributed by atoms with van der Waals surface area (Å²) < 4.78 is 0. The first-order valence-electron chi connectivity index (χ1n) is 4.96. The van der Waals surface area contributed by atoms with Crippen LogP contribution >= 0.6 is 23.2 Å². The molecule has 0 N–H and O–H groups in total. The highest BCUT2D eigenvalue weighted by Gasteiger charge is 2.30. The van der Waals surface area contributed by atoms with E-state index in [1.54, 1.807) is 12.1 Å². The van der Waals surface area contributed by atoms with Crippen molar-refractivity contribution in [1.29, 1.82) is 0 Å². The Balaban J connectivity index is 2.39. The van der Waals surface area contributed by atoms with E-state index in [9.17, 15) is 4.79 Å². The lowest BCUT2D eigenvalue weighted by molar-refractivity contribution is 0.103. The van der Waals surface area contributed by atoms with Gasteiger partial charge in [-0.1, -0.05) is 17.7 Å². The van der Waals surface area contributed by atoms with Gasteiger partial charge in [-0.3, -0.25) is 4.79 Å². The molecule has 0 fully saturated rings. The van der Waals surface area contributed by atoms with Crippen LogP contribution in [0.1, 0.15) is 21.7 Å². The highest BCUT2D eigenvalue weighted by Crippen LogP contribution is 2.38. The molecular weight excluding hydrogens is 259 g/mol. The van der Waals surface area contributed by atoms with Crippen molar-refractivity contribution in [2.75, 3.05) is 0 Å². The van der Waals surface area contributed by atoms with Gasteiger partial charge in [0.2, 0.25) is 11.1 Å². The van der Waals surface area contributed by atoms with E-state index >= 15 is 0 Å². The van der Waals surface area contributed by atoms with Crippen LogP contribution in [0.4, 0.5) is 0 Å². The molecule has 3 rings (SSSR count). The lowest BCUT2D eigenvalue weighted by atomic mass is 10.1. The third-order valence-electron chi connectivity index (χ3n) is 2.77. The Labute approximate surface area is 107 Å². The van der Waals surface area contributed by atoms with Crippen molar-refractivity contribution >= 4 is 29.0 Å². The number of halogens is 2. The molecule has 0 atom stereocenters. The molecule has 0 bridgehead atoms. The summed E-state index contributed by atoms with van der Waals surface area (Å²) in [6, 6.07) is 5.21. The van der Waals surface area contributed by atoms with Crippen molar-refractivity contribution in [1.82, 2.24) is 9.97 Å².